The van der Waals surface area contributed by atoms with Gasteiger partial charge in [0.2, 0.25) is 0 Å². The second-order valence-electron chi connectivity index (χ2n) is 5.61. The molecule has 1 fully saturated rings. The quantitative estimate of drug-likeness (QED) is 0.812. The lowest BCUT2D eigenvalue weighted by Crippen LogP contribution is -2.44. The standard InChI is InChI=1S/C18H20N2O2/c21-18(22)15-8-4-5-9-16(15)20-17-12-19-11-10-14(17)13-6-2-1-3-7-13/h1-9,14,17,19-20H,10-12H2,(H,21,22). The second kappa shape index (κ2) is 6.62. The van der Waals surface area contributed by atoms with E-state index in [-0.39, 0.29) is 6.04 Å². The topological polar surface area (TPSA) is 61.4 Å². The van der Waals surface area contributed by atoms with Gasteiger partial charge in [0.1, 0.15) is 0 Å². The van der Waals surface area contributed by atoms with Crippen molar-refractivity contribution < 1.29 is 9.90 Å². The van der Waals surface area contributed by atoms with E-state index < -0.39 is 5.97 Å². The van der Waals surface area contributed by atoms with Gasteiger partial charge in [-0.1, -0.05) is 42.5 Å². The van der Waals surface area contributed by atoms with Crippen molar-refractivity contribution in [2.45, 2.75) is 18.4 Å². The van der Waals surface area contributed by atoms with Gasteiger partial charge in [-0.3, -0.25) is 0 Å². The molecule has 3 rings (SSSR count). The van der Waals surface area contributed by atoms with Crippen molar-refractivity contribution in [3.05, 3.63) is 65.7 Å². The van der Waals surface area contributed by atoms with Crippen LogP contribution in [0, 0.1) is 0 Å². The molecule has 4 heteroatoms. The van der Waals surface area contributed by atoms with Crippen LogP contribution in [0.3, 0.4) is 0 Å². The SMILES string of the molecule is O=C(O)c1ccccc1NC1CNCCC1c1ccccc1. The maximum Gasteiger partial charge on any atom is 0.337 e. The first-order chi connectivity index (χ1) is 10.8. The number of benzene rings is 2. The second-order valence-corrected chi connectivity index (χ2v) is 5.61. The summed E-state index contributed by atoms with van der Waals surface area (Å²) in [5.41, 5.74) is 2.30. The number of rotatable bonds is 4. The number of hydrogen-bond donors (Lipinski definition) is 3. The van der Waals surface area contributed by atoms with Crippen LogP contribution < -0.4 is 10.6 Å². The molecular formula is C18H20N2O2. The molecule has 0 aromatic heterocycles. The molecule has 0 saturated carbocycles. The predicted octanol–water partition coefficient (Wildman–Crippen LogP) is 2.94. The van der Waals surface area contributed by atoms with E-state index in [1.165, 1.54) is 5.56 Å². The minimum absolute atomic E-state index is 0.177. The number of nitrogens with one attached hydrogen (secondary N) is 2. The average molecular weight is 296 g/mol. The van der Waals surface area contributed by atoms with E-state index >= 15 is 0 Å². The monoisotopic (exact) mass is 296 g/mol. The molecule has 0 spiro atoms. The van der Waals surface area contributed by atoms with E-state index in [0.29, 0.717) is 17.2 Å². The molecule has 0 bridgehead atoms. The molecule has 2 aromatic carbocycles. The smallest absolute Gasteiger partial charge is 0.337 e. The van der Waals surface area contributed by atoms with E-state index in [4.69, 9.17) is 0 Å². The third kappa shape index (κ3) is 3.12. The van der Waals surface area contributed by atoms with Crippen LogP contribution in [0.15, 0.2) is 54.6 Å². The molecule has 0 amide bonds. The van der Waals surface area contributed by atoms with E-state index in [2.05, 4.69) is 34.9 Å². The van der Waals surface area contributed by atoms with Crippen LogP contribution >= 0.6 is 0 Å². The minimum Gasteiger partial charge on any atom is -0.478 e. The van der Waals surface area contributed by atoms with Crippen molar-refractivity contribution in [1.82, 2.24) is 5.32 Å². The molecule has 1 aliphatic heterocycles. The number of carbonyl (C=O) groups is 1. The first kappa shape index (κ1) is 14.6. The van der Waals surface area contributed by atoms with Crippen LogP contribution in [0.25, 0.3) is 0 Å². The van der Waals surface area contributed by atoms with Gasteiger partial charge in [-0.2, -0.15) is 0 Å². The van der Waals surface area contributed by atoms with Crippen LogP contribution in [-0.4, -0.2) is 30.2 Å². The van der Waals surface area contributed by atoms with Crippen molar-refractivity contribution in [3.63, 3.8) is 0 Å². The van der Waals surface area contributed by atoms with E-state index in [9.17, 15) is 9.90 Å². The highest BCUT2D eigenvalue weighted by molar-refractivity contribution is 5.94. The molecule has 1 heterocycles. The van der Waals surface area contributed by atoms with Crippen molar-refractivity contribution in [2.75, 3.05) is 18.4 Å². The normalized spacial score (nSPS) is 21.3. The number of carboxylic acids is 1. The summed E-state index contributed by atoms with van der Waals surface area (Å²) < 4.78 is 0. The zero-order valence-corrected chi connectivity index (χ0v) is 12.3. The van der Waals surface area contributed by atoms with E-state index in [0.717, 1.165) is 19.5 Å². The Morgan fingerprint density at radius 1 is 1.09 bits per heavy atom. The molecule has 2 aromatic rings. The Balaban J connectivity index is 1.85. The highest BCUT2D eigenvalue weighted by atomic mass is 16.4. The fourth-order valence-electron chi connectivity index (χ4n) is 3.10. The van der Waals surface area contributed by atoms with Gasteiger partial charge in [0, 0.05) is 24.2 Å². The fraction of sp³-hybridized carbons (Fsp3) is 0.278. The maximum absolute atomic E-state index is 11.4. The Morgan fingerprint density at radius 2 is 1.82 bits per heavy atom. The molecule has 1 saturated heterocycles. The Labute approximate surface area is 130 Å². The summed E-state index contributed by atoms with van der Waals surface area (Å²) in [6.07, 6.45) is 1.04. The fourth-order valence-corrected chi connectivity index (χ4v) is 3.10. The van der Waals surface area contributed by atoms with Crippen molar-refractivity contribution in [3.8, 4) is 0 Å². The summed E-state index contributed by atoms with van der Waals surface area (Å²) >= 11 is 0. The lowest BCUT2D eigenvalue weighted by Gasteiger charge is -2.34. The minimum atomic E-state index is -0.900. The van der Waals surface area contributed by atoms with Gasteiger partial charge in [-0.05, 0) is 30.7 Å². The van der Waals surface area contributed by atoms with Crippen molar-refractivity contribution in [2.24, 2.45) is 0 Å². The summed E-state index contributed by atoms with van der Waals surface area (Å²) in [4.78, 5) is 11.4. The highest BCUT2D eigenvalue weighted by Crippen LogP contribution is 2.28. The number of para-hydroxylation sites is 1. The van der Waals surface area contributed by atoms with E-state index in [1.807, 2.05) is 18.2 Å². The summed E-state index contributed by atoms with van der Waals surface area (Å²) in [6, 6.07) is 17.7. The molecular weight excluding hydrogens is 276 g/mol. The average Bonchev–Trinajstić information content (AvgIpc) is 2.56. The summed E-state index contributed by atoms with van der Waals surface area (Å²) in [7, 11) is 0. The molecule has 0 radical (unpaired) electrons. The first-order valence-electron chi connectivity index (χ1n) is 7.60. The summed E-state index contributed by atoms with van der Waals surface area (Å²) in [5.74, 6) is -0.521. The number of aromatic carboxylic acids is 1. The maximum atomic E-state index is 11.4. The largest absolute Gasteiger partial charge is 0.478 e. The summed E-state index contributed by atoms with van der Waals surface area (Å²) in [6.45, 7) is 1.81. The molecule has 114 valence electrons. The first-order valence-corrected chi connectivity index (χ1v) is 7.60. The molecule has 4 nitrogen and oxygen atoms in total. The molecule has 22 heavy (non-hydrogen) atoms. The Kier molecular flexibility index (Phi) is 4.39. The summed E-state index contributed by atoms with van der Waals surface area (Å²) in [5, 5.41) is 16.2. The van der Waals surface area contributed by atoms with Gasteiger partial charge in [-0.15, -0.1) is 0 Å². The number of anilines is 1. The van der Waals surface area contributed by atoms with Gasteiger partial charge in [-0.25, -0.2) is 4.79 Å². The highest BCUT2D eigenvalue weighted by Gasteiger charge is 2.27. The Bertz CT molecular complexity index is 643. The van der Waals surface area contributed by atoms with Gasteiger partial charge >= 0.3 is 5.97 Å². The lowest BCUT2D eigenvalue weighted by molar-refractivity contribution is 0.0698. The third-order valence-electron chi connectivity index (χ3n) is 4.21. The van der Waals surface area contributed by atoms with Gasteiger partial charge in [0.15, 0.2) is 0 Å². The van der Waals surface area contributed by atoms with Crippen molar-refractivity contribution >= 4 is 11.7 Å². The molecule has 2 unspecified atom stereocenters. The Morgan fingerprint density at radius 3 is 2.59 bits per heavy atom. The Hall–Kier alpha value is -2.33. The van der Waals surface area contributed by atoms with Gasteiger partial charge in [0.25, 0.3) is 0 Å². The van der Waals surface area contributed by atoms with Gasteiger partial charge in [0.05, 0.1) is 5.56 Å². The third-order valence-corrected chi connectivity index (χ3v) is 4.21. The zero-order chi connectivity index (χ0) is 15.4. The number of carboxylic acid groups (broad SMARTS) is 1. The number of hydrogen-bond acceptors (Lipinski definition) is 3. The number of piperidine rings is 1. The van der Waals surface area contributed by atoms with Crippen LogP contribution in [-0.2, 0) is 0 Å². The van der Waals surface area contributed by atoms with Crippen LogP contribution in [0.2, 0.25) is 0 Å². The molecule has 2 atom stereocenters. The van der Waals surface area contributed by atoms with Crippen LogP contribution in [0.5, 0.6) is 0 Å². The van der Waals surface area contributed by atoms with Crippen molar-refractivity contribution in [1.29, 1.82) is 0 Å². The van der Waals surface area contributed by atoms with E-state index in [1.54, 1.807) is 12.1 Å². The molecule has 3 N–H and O–H groups in total. The molecule has 1 aliphatic rings. The van der Waals surface area contributed by atoms with Crippen LogP contribution in [0.1, 0.15) is 28.3 Å². The lowest BCUT2D eigenvalue weighted by atomic mass is 9.86. The van der Waals surface area contributed by atoms with Crippen LogP contribution in [0.4, 0.5) is 5.69 Å². The predicted molar refractivity (Wildman–Crippen MR) is 87.5 cm³/mol. The zero-order valence-electron chi connectivity index (χ0n) is 12.3. The molecule has 0 aliphatic carbocycles. The van der Waals surface area contributed by atoms with Gasteiger partial charge < -0.3 is 15.7 Å².